The van der Waals surface area contributed by atoms with Crippen molar-refractivity contribution < 1.29 is 5.11 Å². The van der Waals surface area contributed by atoms with Crippen LogP contribution in [-0.2, 0) is 12.8 Å². The Morgan fingerprint density at radius 3 is 2.32 bits per heavy atom. The van der Waals surface area contributed by atoms with Crippen molar-refractivity contribution in [2.75, 3.05) is 0 Å². The Kier molecular flexibility index (Phi) is 4.78. The molecule has 0 heterocycles. The molecule has 0 bridgehead atoms. The van der Waals surface area contributed by atoms with Crippen molar-refractivity contribution >= 4 is 15.9 Å². The van der Waals surface area contributed by atoms with E-state index in [0.717, 1.165) is 22.0 Å². The first kappa shape index (κ1) is 14.3. The van der Waals surface area contributed by atoms with Gasteiger partial charge < -0.3 is 5.11 Å². The van der Waals surface area contributed by atoms with Gasteiger partial charge in [0.15, 0.2) is 0 Å². The third-order valence-corrected chi connectivity index (χ3v) is 3.95. The van der Waals surface area contributed by atoms with E-state index in [1.165, 1.54) is 11.1 Å². The normalized spacial score (nSPS) is 12.4. The summed E-state index contributed by atoms with van der Waals surface area (Å²) in [4.78, 5) is 0. The molecule has 0 spiro atoms. The van der Waals surface area contributed by atoms with Crippen LogP contribution in [0, 0.1) is 6.92 Å². The van der Waals surface area contributed by atoms with Crippen molar-refractivity contribution in [3.05, 3.63) is 69.2 Å². The smallest absolute Gasteiger partial charge is 0.0833 e. The van der Waals surface area contributed by atoms with Crippen LogP contribution in [0.15, 0.2) is 46.9 Å². The third kappa shape index (κ3) is 3.68. The van der Waals surface area contributed by atoms with Gasteiger partial charge >= 0.3 is 0 Å². The van der Waals surface area contributed by atoms with Gasteiger partial charge in [0.05, 0.1) is 6.10 Å². The molecule has 0 saturated heterocycles. The van der Waals surface area contributed by atoms with Crippen LogP contribution >= 0.6 is 15.9 Å². The van der Waals surface area contributed by atoms with E-state index in [0.29, 0.717) is 6.42 Å². The van der Waals surface area contributed by atoms with Gasteiger partial charge in [0, 0.05) is 10.9 Å². The third-order valence-electron chi connectivity index (χ3n) is 3.46. The summed E-state index contributed by atoms with van der Waals surface area (Å²) in [5, 5.41) is 10.4. The maximum atomic E-state index is 10.4. The molecule has 1 unspecified atom stereocenters. The minimum atomic E-state index is -0.454. The zero-order chi connectivity index (χ0) is 13.8. The zero-order valence-electron chi connectivity index (χ0n) is 11.4. The first-order valence-electron chi connectivity index (χ1n) is 6.62. The lowest BCUT2D eigenvalue weighted by atomic mass is 9.97. The van der Waals surface area contributed by atoms with Gasteiger partial charge in [-0.2, -0.15) is 0 Å². The van der Waals surface area contributed by atoms with Gasteiger partial charge in [-0.3, -0.25) is 0 Å². The number of hydrogen-bond donors (Lipinski definition) is 1. The molecule has 2 heteroatoms. The predicted octanol–water partition coefficient (Wildman–Crippen LogP) is 4.60. The number of rotatable bonds is 4. The molecule has 2 aromatic carbocycles. The average molecular weight is 319 g/mol. The fourth-order valence-electron chi connectivity index (χ4n) is 2.21. The van der Waals surface area contributed by atoms with E-state index < -0.39 is 6.10 Å². The first-order chi connectivity index (χ1) is 9.10. The van der Waals surface area contributed by atoms with Gasteiger partial charge in [0.2, 0.25) is 0 Å². The van der Waals surface area contributed by atoms with Crippen molar-refractivity contribution in [2.45, 2.75) is 32.8 Å². The molecular weight excluding hydrogens is 300 g/mol. The van der Waals surface area contributed by atoms with Crippen LogP contribution in [0.2, 0.25) is 0 Å². The summed E-state index contributed by atoms with van der Waals surface area (Å²) in [6.45, 7) is 4.18. The molecule has 1 nitrogen and oxygen atoms in total. The summed E-state index contributed by atoms with van der Waals surface area (Å²) < 4.78 is 1.01. The monoisotopic (exact) mass is 318 g/mol. The number of aliphatic hydroxyl groups excluding tert-OH is 1. The van der Waals surface area contributed by atoms with Gasteiger partial charge in [-0.25, -0.2) is 0 Å². The van der Waals surface area contributed by atoms with Crippen LogP contribution in [0.5, 0.6) is 0 Å². The van der Waals surface area contributed by atoms with E-state index in [1.807, 2.05) is 25.1 Å². The van der Waals surface area contributed by atoms with Gasteiger partial charge in [-0.15, -0.1) is 0 Å². The molecule has 0 amide bonds. The molecule has 0 aliphatic heterocycles. The molecule has 2 rings (SSSR count). The van der Waals surface area contributed by atoms with Gasteiger partial charge in [0.25, 0.3) is 0 Å². The van der Waals surface area contributed by atoms with Crippen LogP contribution in [0.4, 0.5) is 0 Å². The fraction of sp³-hybridized carbons (Fsp3) is 0.294. The van der Waals surface area contributed by atoms with E-state index >= 15 is 0 Å². The molecule has 100 valence electrons. The number of aryl methyl sites for hydroxylation is 2. The number of benzene rings is 2. The molecule has 0 aliphatic rings. The Hall–Kier alpha value is -1.12. The van der Waals surface area contributed by atoms with Crippen LogP contribution in [-0.4, -0.2) is 5.11 Å². The Bertz CT molecular complexity index is 546. The number of aliphatic hydroxyl groups is 1. The van der Waals surface area contributed by atoms with Crippen molar-refractivity contribution in [3.63, 3.8) is 0 Å². The second-order valence-corrected chi connectivity index (χ2v) is 5.81. The molecule has 19 heavy (non-hydrogen) atoms. The predicted molar refractivity (Wildman–Crippen MR) is 83.4 cm³/mol. The lowest BCUT2D eigenvalue weighted by Gasteiger charge is -2.14. The highest BCUT2D eigenvalue weighted by Gasteiger charge is 2.11. The summed E-state index contributed by atoms with van der Waals surface area (Å²) in [6.07, 6.45) is 1.25. The quantitative estimate of drug-likeness (QED) is 0.873. The number of halogens is 1. The average Bonchev–Trinajstić information content (AvgIpc) is 2.42. The maximum absolute atomic E-state index is 10.4. The Morgan fingerprint density at radius 2 is 1.68 bits per heavy atom. The minimum Gasteiger partial charge on any atom is -0.388 e. The fourth-order valence-corrected chi connectivity index (χ4v) is 2.59. The van der Waals surface area contributed by atoms with Crippen LogP contribution < -0.4 is 0 Å². The highest BCUT2D eigenvalue weighted by atomic mass is 79.9. The second kappa shape index (κ2) is 6.36. The highest BCUT2D eigenvalue weighted by molar-refractivity contribution is 9.10. The van der Waals surface area contributed by atoms with E-state index in [2.05, 4.69) is 47.1 Å². The SMILES string of the molecule is CCc1ccc(CC(O)c2cc(Br)ccc2C)cc1. The molecule has 1 atom stereocenters. The molecule has 0 aliphatic carbocycles. The van der Waals surface area contributed by atoms with Crippen molar-refractivity contribution in [1.29, 1.82) is 0 Å². The van der Waals surface area contributed by atoms with Crippen LogP contribution in [0.3, 0.4) is 0 Å². The lowest BCUT2D eigenvalue weighted by molar-refractivity contribution is 0.177. The van der Waals surface area contributed by atoms with E-state index in [-0.39, 0.29) is 0 Å². The summed E-state index contributed by atoms with van der Waals surface area (Å²) in [6, 6.07) is 14.5. The van der Waals surface area contributed by atoms with Crippen molar-refractivity contribution in [2.24, 2.45) is 0 Å². The maximum Gasteiger partial charge on any atom is 0.0833 e. The molecule has 1 N–H and O–H groups in total. The van der Waals surface area contributed by atoms with Crippen molar-refractivity contribution in [1.82, 2.24) is 0 Å². The molecule has 2 aromatic rings. The van der Waals surface area contributed by atoms with Gasteiger partial charge in [-0.05, 0) is 47.7 Å². The topological polar surface area (TPSA) is 20.2 Å². The lowest BCUT2D eigenvalue weighted by Crippen LogP contribution is -2.04. The molecule has 0 aromatic heterocycles. The molecule has 0 saturated carbocycles. The summed E-state index contributed by atoms with van der Waals surface area (Å²) in [5.41, 5.74) is 4.62. The van der Waals surface area contributed by atoms with Gasteiger partial charge in [0.1, 0.15) is 0 Å². The van der Waals surface area contributed by atoms with E-state index in [4.69, 9.17) is 0 Å². The van der Waals surface area contributed by atoms with Gasteiger partial charge in [-0.1, -0.05) is 53.2 Å². The standard InChI is InChI=1S/C17H19BrO/c1-3-13-5-7-14(8-6-13)10-17(19)16-11-15(18)9-4-12(16)2/h4-9,11,17,19H,3,10H2,1-2H3. The summed E-state index contributed by atoms with van der Waals surface area (Å²) in [7, 11) is 0. The first-order valence-corrected chi connectivity index (χ1v) is 7.41. The Balaban J connectivity index is 2.15. The van der Waals surface area contributed by atoms with Crippen LogP contribution in [0.1, 0.15) is 35.3 Å². The van der Waals surface area contributed by atoms with E-state index in [9.17, 15) is 5.11 Å². The molecule has 0 radical (unpaired) electrons. The zero-order valence-corrected chi connectivity index (χ0v) is 12.9. The largest absolute Gasteiger partial charge is 0.388 e. The highest BCUT2D eigenvalue weighted by Crippen LogP contribution is 2.25. The number of hydrogen-bond acceptors (Lipinski definition) is 1. The Morgan fingerprint density at radius 1 is 1.05 bits per heavy atom. The molecule has 0 fully saturated rings. The van der Waals surface area contributed by atoms with Crippen molar-refractivity contribution in [3.8, 4) is 0 Å². The van der Waals surface area contributed by atoms with Crippen LogP contribution in [0.25, 0.3) is 0 Å². The van der Waals surface area contributed by atoms with E-state index in [1.54, 1.807) is 0 Å². The summed E-state index contributed by atoms with van der Waals surface area (Å²) >= 11 is 3.46. The second-order valence-electron chi connectivity index (χ2n) is 4.89. The summed E-state index contributed by atoms with van der Waals surface area (Å²) in [5.74, 6) is 0. The molecular formula is C17H19BrO. The minimum absolute atomic E-state index is 0.454. The Labute approximate surface area is 123 Å².